The van der Waals surface area contributed by atoms with E-state index in [-0.39, 0.29) is 6.04 Å². The number of aliphatic hydroxyl groups is 1. The molecule has 0 aromatic carbocycles. The van der Waals surface area contributed by atoms with E-state index in [0.29, 0.717) is 24.1 Å². The average Bonchev–Trinajstić information content (AvgIpc) is 2.48. The molecule has 1 aliphatic carbocycles. The molecule has 2 unspecified atom stereocenters. The number of hydrogen-bond donors (Lipinski definition) is 3. The molecule has 1 fully saturated rings. The highest BCUT2D eigenvalue weighted by molar-refractivity contribution is 5.48. The quantitative estimate of drug-likeness (QED) is 0.601. The van der Waals surface area contributed by atoms with Gasteiger partial charge in [-0.25, -0.2) is 0 Å². The van der Waals surface area contributed by atoms with Gasteiger partial charge >= 0.3 is 0 Å². The Balaban J connectivity index is 2.35. The van der Waals surface area contributed by atoms with Crippen molar-refractivity contribution in [2.75, 3.05) is 5.73 Å². The van der Waals surface area contributed by atoms with Gasteiger partial charge in [0.25, 0.3) is 0 Å². The molecule has 5 N–H and O–H groups in total. The van der Waals surface area contributed by atoms with Gasteiger partial charge in [-0.05, 0) is 25.3 Å². The van der Waals surface area contributed by atoms with Crippen molar-refractivity contribution >= 4 is 5.69 Å². The van der Waals surface area contributed by atoms with Crippen LogP contribution in [-0.2, 0) is 5.60 Å². The largest absolute Gasteiger partial charge is 0.398 e. The smallest absolute Gasteiger partial charge is 0.0946 e. The van der Waals surface area contributed by atoms with Crippen LogP contribution in [0.1, 0.15) is 24.8 Å². The van der Waals surface area contributed by atoms with E-state index in [0.717, 1.165) is 6.42 Å². The molecule has 2 atom stereocenters. The van der Waals surface area contributed by atoms with Crippen molar-refractivity contribution in [2.45, 2.75) is 30.9 Å². The first-order valence-corrected chi connectivity index (χ1v) is 4.80. The lowest BCUT2D eigenvalue weighted by atomic mass is 9.92. The molecular formula is C10H15N3O. The molecule has 76 valence electrons. The topological polar surface area (TPSA) is 85.2 Å². The maximum Gasteiger partial charge on any atom is 0.0946 e. The molecular weight excluding hydrogens is 178 g/mol. The molecule has 0 bridgehead atoms. The molecule has 1 heterocycles. The fourth-order valence-electron chi connectivity index (χ4n) is 2.10. The molecule has 0 aliphatic heterocycles. The van der Waals surface area contributed by atoms with Gasteiger partial charge in [-0.3, -0.25) is 4.98 Å². The summed E-state index contributed by atoms with van der Waals surface area (Å²) in [4.78, 5) is 3.98. The molecule has 0 amide bonds. The third-order valence-electron chi connectivity index (χ3n) is 2.88. The summed E-state index contributed by atoms with van der Waals surface area (Å²) < 4.78 is 0. The van der Waals surface area contributed by atoms with E-state index < -0.39 is 5.60 Å². The average molecular weight is 193 g/mol. The first kappa shape index (κ1) is 9.43. The van der Waals surface area contributed by atoms with Gasteiger partial charge in [0.1, 0.15) is 0 Å². The molecule has 2 rings (SSSR count). The lowest BCUT2D eigenvalue weighted by Gasteiger charge is -2.23. The zero-order valence-electron chi connectivity index (χ0n) is 7.98. The van der Waals surface area contributed by atoms with Crippen molar-refractivity contribution < 1.29 is 5.11 Å². The summed E-state index contributed by atoms with van der Waals surface area (Å²) in [6.45, 7) is 0. The molecule has 0 radical (unpaired) electrons. The maximum absolute atomic E-state index is 10.3. The molecule has 14 heavy (non-hydrogen) atoms. The number of aromatic nitrogens is 1. The van der Waals surface area contributed by atoms with Crippen LogP contribution in [0.15, 0.2) is 18.5 Å². The van der Waals surface area contributed by atoms with Gasteiger partial charge in [0.05, 0.1) is 5.60 Å². The second-order valence-corrected chi connectivity index (χ2v) is 4.00. The molecule has 4 nitrogen and oxygen atoms in total. The maximum atomic E-state index is 10.3. The lowest BCUT2D eigenvalue weighted by molar-refractivity contribution is 0.0435. The van der Waals surface area contributed by atoms with Crippen LogP contribution in [0.25, 0.3) is 0 Å². The van der Waals surface area contributed by atoms with Crippen molar-refractivity contribution in [3.05, 3.63) is 24.0 Å². The summed E-state index contributed by atoms with van der Waals surface area (Å²) in [5.41, 5.74) is 12.0. The summed E-state index contributed by atoms with van der Waals surface area (Å²) in [6, 6.07) is 1.77. The summed E-state index contributed by atoms with van der Waals surface area (Å²) >= 11 is 0. The molecule has 0 spiro atoms. The van der Waals surface area contributed by atoms with Gasteiger partial charge in [-0.1, -0.05) is 0 Å². The van der Waals surface area contributed by atoms with Crippen LogP contribution in [0.2, 0.25) is 0 Å². The van der Waals surface area contributed by atoms with Gasteiger partial charge < -0.3 is 16.6 Å². The van der Waals surface area contributed by atoms with E-state index >= 15 is 0 Å². The number of rotatable bonds is 1. The van der Waals surface area contributed by atoms with Crippen LogP contribution in [-0.4, -0.2) is 16.1 Å². The van der Waals surface area contributed by atoms with Crippen LogP contribution >= 0.6 is 0 Å². The van der Waals surface area contributed by atoms with Crippen LogP contribution in [0.3, 0.4) is 0 Å². The Hall–Kier alpha value is -1.13. The Bertz CT molecular complexity index is 342. The minimum atomic E-state index is -0.863. The minimum absolute atomic E-state index is 0.0691. The van der Waals surface area contributed by atoms with Crippen LogP contribution in [0.4, 0.5) is 5.69 Å². The summed E-state index contributed by atoms with van der Waals surface area (Å²) in [6.07, 6.45) is 5.34. The first-order valence-electron chi connectivity index (χ1n) is 4.80. The normalized spacial score (nSPS) is 32.0. The van der Waals surface area contributed by atoms with Crippen LogP contribution in [0.5, 0.6) is 0 Å². The second kappa shape index (κ2) is 3.22. The van der Waals surface area contributed by atoms with Crippen molar-refractivity contribution in [3.63, 3.8) is 0 Å². The Morgan fingerprint density at radius 1 is 1.57 bits per heavy atom. The summed E-state index contributed by atoms with van der Waals surface area (Å²) in [5, 5.41) is 10.3. The van der Waals surface area contributed by atoms with Gasteiger partial charge in [-0.2, -0.15) is 0 Å². The van der Waals surface area contributed by atoms with Crippen LogP contribution in [0, 0.1) is 0 Å². The number of nitrogens with zero attached hydrogens (tertiary/aromatic N) is 1. The zero-order valence-corrected chi connectivity index (χ0v) is 7.98. The van der Waals surface area contributed by atoms with E-state index in [4.69, 9.17) is 11.5 Å². The molecule has 0 saturated heterocycles. The van der Waals surface area contributed by atoms with Crippen molar-refractivity contribution in [1.82, 2.24) is 4.98 Å². The molecule has 1 aromatic rings. The minimum Gasteiger partial charge on any atom is -0.398 e. The highest BCUT2D eigenvalue weighted by Gasteiger charge is 2.38. The molecule has 1 aliphatic rings. The fourth-order valence-corrected chi connectivity index (χ4v) is 2.10. The van der Waals surface area contributed by atoms with Crippen molar-refractivity contribution in [1.29, 1.82) is 0 Å². The Morgan fingerprint density at radius 3 is 2.93 bits per heavy atom. The molecule has 1 saturated carbocycles. The molecule has 1 aromatic heterocycles. The SMILES string of the molecule is Nc1ccncc1C1(O)CCC(N)C1. The fraction of sp³-hybridized carbons (Fsp3) is 0.500. The number of pyridine rings is 1. The predicted molar refractivity (Wildman–Crippen MR) is 54.4 cm³/mol. The Morgan fingerprint density at radius 2 is 2.36 bits per heavy atom. The Kier molecular flexibility index (Phi) is 2.17. The number of nitrogen functional groups attached to an aromatic ring is 1. The highest BCUT2D eigenvalue weighted by atomic mass is 16.3. The van der Waals surface area contributed by atoms with Gasteiger partial charge in [-0.15, -0.1) is 0 Å². The molecule has 4 heteroatoms. The second-order valence-electron chi connectivity index (χ2n) is 4.00. The Labute approximate surface area is 82.9 Å². The first-order chi connectivity index (χ1) is 6.62. The number of hydrogen-bond acceptors (Lipinski definition) is 4. The third kappa shape index (κ3) is 1.47. The zero-order chi connectivity index (χ0) is 10.2. The van der Waals surface area contributed by atoms with E-state index in [9.17, 15) is 5.11 Å². The summed E-state index contributed by atoms with van der Waals surface area (Å²) in [5.74, 6) is 0. The standard InChI is InChI=1S/C10H15N3O/c11-7-1-3-10(14,5-7)8-6-13-4-2-9(8)12/h2,4,6-7,14H,1,3,5,11H2,(H2,12,13). The van der Waals surface area contributed by atoms with E-state index in [2.05, 4.69) is 4.98 Å². The number of nitrogens with two attached hydrogens (primary N) is 2. The predicted octanol–water partition coefficient (Wildman–Crippen LogP) is 0.363. The van der Waals surface area contributed by atoms with E-state index in [1.54, 1.807) is 18.5 Å². The van der Waals surface area contributed by atoms with E-state index in [1.165, 1.54) is 0 Å². The number of anilines is 1. The van der Waals surface area contributed by atoms with Gasteiger partial charge in [0.15, 0.2) is 0 Å². The summed E-state index contributed by atoms with van der Waals surface area (Å²) in [7, 11) is 0. The van der Waals surface area contributed by atoms with Crippen molar-refractivity contribution in [3.8, 4) is 0 Å². The van der Waals surface area contributed by atoms with Gasteiger partial charge in [0, 0.05) is 29.7 Å². The van der Waals surface area contributed by atoms with Gasteiger partial charge in [0.2, 0.25) is 0 Å². The van der Waals surface area contributed by atoms with Crippen molar-refractivity contribution in [2.24, 2.45) is 5.73 Å². The third-order valence-corrected chi connectivity index (χ3v) is 2.88. The van der Waals surface area contributed by atoms with E-state index in [1.807, 2.05) is 0 Å². The van der Waals surface area contributed by atoms with Crippen LogP contribution < -0.4 is 11.5 Å². The lowest BCUT2D eigenvalue weighted by Crippen LogP contribution is -2.26. The highest BCUT2D eigenvalue weighted by Crippen LogP contribution is 2.39. The monoisotopic (exact) mass is 193 g/mol.